The molecule has 30 heavy (non-hydrogen) atoms. The number of halogens is 1. The van der Waals surface area contributed by atoms with Gasteiger partial charge in [0.15, 0.2) is 0 Å². The first-order valence-electron chi connectivity index (χ1n) is 9.24. The highest BCUT2D eigenvalue weighted by molar-refractivity contribution is 7.99. The van der Waals surface area contributed by atoms with Crippen molar-refractivity contribution in [1.29, 1.82) is 0 Å². The predicted octanol–water partition coefficient (Wildman–Crippen LogP) is 5.72. The molecule has 0 bridgehead atoms. The number of benzene rings is 1. The highest BCUT2D eigenvalue weighted by atomic mass is 35.5. The van der Waals surface area contributed by atoms with Gasteiger partial charge in [-0.2, -0.15) is 11.8 Å². The van der Waals surface area contributed by atoms with Gasteiger partial charge in [0.2, 0.25) is 5.91 Å². The standard InChI is InChI=1S/C21H18ClN3O3S2/c1-12(29-10-8-17(26)23-15-6-3-2-5-14(15)22)19-24-20(27)18-13(11-30-21(18)25-19)16-7-4-9-28-16/h2-7,9,11-12H,8,10H2,1H3,(H,23,26)(H,24,25,27). The van der Waals surface area contributed by atoms with Gasteiger partial charge in [0, 0.05) is 23.1 Å². The van der Waals surface area contributed by atoms with Crippen molar-refractivity contribution in [2.24, 2.45) is 0 Å². The maximum absolute atomic E-state index is 12.7. The fourth-order valence-corrected chi connectivity index (χ4v) is 5.00. The number of hydrogen-bond donors (Lipinski definition) is 2. The van der Waals surface area contributed by atoms with E-state index in [0.29, 0.717) is 44.7 Å². The number of aromatic amines is 1. The van der Waals surface area contributed by atoms with E-state index < -0.39 is 0 Å². The summed E-state index contributed by atoms with van der Waals surface area (Å²) >= 11 is 9.03. The Balaban J connectivity index is 1.40. The first-order chi connectivity index (χ1) is 14.5. The average molecular weight is 460 g/mol. The summed E-state index contributed by atoms with van der Waals surface area (Å²) in [7, 11) is 0. The molecule has 154 valence electrons. The zero-order valence-electron chi connectivity index (χ0n) is 16.0. The number of hydrogen-bond acceptors (Lipinski definition) is 6. The quantitative estimate of drug-likeness (QED) is 0.369. The summed E-state index contributed by atoms with van der Waals surface area (Å²) in [6, 6.07) is 10.7. The van der Waals surface area contributed by atoms with Crippen LogP contribution in [0.1, 0.15) is 24.4 Å². The molecular formula is C21H18ClN3O3S2. The minimum absolute atomic E-state index is 0.0654. The first-order valence-corrected chi connectivity index (χ1v) is 11.5. The molecule has 4 aromatic rings. The number of nitrogens with one attached hydrogen (secondary N) is 2. The van der Waals surface area contributed by atoms with E-state index in [4.69, 9.17) is 16.0 Å². The van der Waals surface area contributed by atoms with E-state index >= 15 is 0 Å². The molecule has 2 N–H and O–H groups in total. The molecule has 0 aliphatic carbocycles. The van der Waals surface area contributed by atoms with E-state index in [1.165, 1.54) is 11.3 Å². The zero-order valence-corrected chi connectivity index (χ0v) is 18.4. The first kappa shape index (κ1) is 20.7. The van der Waals surface area contributed by atoms with Gasteiger partial charge in [-0.3, -0.25) is 9.59 Å². The molecule has 0 aliphatic heterocycles. The Morgan fingerprint density at radius 1 is 1.33 bits per heavy atom. The van der Waals surface area contributed by atoms with E-state index in [9.17, 15) is 9.59 Å². The number of aromatic nitrogens is 2. The lowest BCUT2D eigenvalue weighted by Crippen LogP contribution is -2.14. The second-order valence-electron chi connectivity index (χ2n) is 6.55. The highest BCUT2D eigenvalue weighted by Crippen LogP contribution is 2.33. The van der Waals surface area contributed by atoms with Gasteiger partial charge in [-0.05, 0) is 31.2 Å². The minimum Gasteiger partial charge on any atom is -0.464 e. The van der Waals surface area contributed by atoms with Crippen LogP contribution in [0.3, 0.4) is 0 Å². The highest BCUT2D eigenvalue weighted by Gasteiger charge is 2.17. The van der Waals surface area contributed by atoms with Crippen molar-refractivity contribution >= 4 is 56.5 Å². The molecule has 0 fully saturated rings. The third kappa shape index (κ3) is 4.45. The molecule has 0 spiro atoms. The number of furan rings is 1. The summed E-state index contributed by atoms with van der Waals surface area (Å²) in [5.41, 5.74) is 1.16. The van der Waals surface area contributed by atoms with Crippen LogP contribution in [0.15, 0.2) is 57.3 Å². The number of amides is 1. The molecule has 3 heterocycles. The molecule has 6 nitrogen and oxygen atoms in total. The smallest absolute Gasteiger partial charge is 0.260 e. The van der Waals surface area contributed by atoms with Gasteiger partial charge in [0.1, 0.15) is 16.4 Å². The molecule has 0 saturated heterocycles. The van der Waals surface area contributed by atoms with E-state index in [1.807, 2.05) is 30.5 Å². The largest absolute Gasteiger partial charge is 0.464 e. The van der Waals surface area contributed by atoms with Crippen molar-refractivity contribution in [3.8, 4) is 11.3 Å². The van der Waals surface area contributed by atoms with Crippen LogP contribution < -0.4 is 10.9 Å². The number of anilines is 1. The van der Waals surface area contributed by atoms with E-state index in [-0.39, 0.29) is 16.7 Å². The Bertz CT molecular complexity index is 1230. The average Bonchev–Trinajstić information content (AvgIpc) is 3.39. The molecule has 0 aliphatic rings. The van der Waals surface area contributed by atoms with Crippen LogP contribution in [0.4, 0.5) is 5.69 Å². The number of carbonyl (C=O) groups is 1. The molecule has 1 amide bonds. The van der Waals surface area contributed by atoms with Gasteiger partial charge >= 0.3 is 0 Å². The fourth-order valence-electron chi connectivity index (χ4n) is 2.95. The van der Waals surface area contributed by atoms with Crippen molar-refractivity contribution in [3.05, 3.63) is 69.2 Å². The van der Waals surface area contributed by atoms with Gasteiger partial charge < -0.3 is 14.7 Å². The summed E-state index contributed by atoms with van der Waals surface area (Å²) < 4.78 is 5.42. The SMILES string of the molecule is CC(SCCC(=O)Nc1ccccc1Cl)c1nc2scc(-c3ccco3)c2c(=O)[nH]1. The van der Waals surface area contributed by atoms with Crippen LogP contribution in [0, 0.1) is 0 Å². The van der Waals surface area contributed by atoms with Crippen LogP contribution in [-0.2, 0) is 4.79 Å². The van der Waals surface area contributed by atoms with Crippen LogP contribution >= 0.6 is 34.7 Å². The minimum atomic E-state index is -0.188. The summed E-state index contributed by atoms with van der Waals surface area (Å²) in [4.78, 5) is 33.0. The molecule has 9 heteroatoms. The lowest BCUT2D eigenvalue weighted by atomic mass is 10.2. The topological polar surface area (TPSA) is 88.0 Å². The number of thiophene rings is 1. The lowest BCUT2D eigenvalue weighted by Gasteiger charge is -2.11. The number of fused-ring (bicyclic) bond motifs is 1. The maximum Gasteiger partial charge on any atom is 0.260 e. The predicted molar refractivity (Wildman–Crippen MR) is 124 cm³/mol. The Morgan fingerprint density at radius 3 is 2.93 bits per heavy atom. The van der Waals surface area contributed by atoms with Crippen molar-refractivity contribution in [2.75, 3.05) is 11.1 Å². The second kappa shape index (κ2) is 9.07. The number of nitrogens with zero attached hydrogens (tertiary/aromatic N) is 1. The molecule has 0 saturated carbocycles. The summed E-state index contributed by atoms with van der Waals surface area (Å²) in [6.45, 7) is 1.96. The monoisotopic (exact) mass is 459 g/mol. The van der Waals surface area contributed by atoms with Crippen LogP contribution in [-0.4, -0.2) is 21.6 Å². The summed E-state index contributed by atoms with van der Waals surface area (Å²) in [5.74, 6) is 1.72. The zero-order chi connectivity index (χ0) is 21.1. The van der Waals surface area contributed by atoms with E-state index in [1.54, 1.807) is 36.2 Å². The Hall–Kier alpha value is -2.55. The van der Waals surface area contributed by atoms with Crippen LogP contribution in [0.25, 0.3) is 21.5 Å². The van der Waals surface area contributed by atoms with Crippen LogP contribution in [0.2, 0.25) is 5.02 Å². The van der Waals surface area contributed by atoms with Gasteiger partial charge in [0.25, 0.3) is 5.56 Å². The van der Waals surface area contributed by atoms with Crippen molar-refractivity contribution in [1.82, 2.24) is 9.97 Å². The van der Waals surface area contributed by atoms with Crippen molar-refractivity contribution < 1.29 is 9.21 Å². The molecular weight excluding hydrogens is 442 g/mol. The van der Waals surface area contributed by atoms with Crippen molar-refractivity contribution in [2.45, 2.75) is 18.6 Å². The normalized spacial score (nSPS) is 12.2. The third-order valence-corrected chi connectivity index (χ3v) is 6.84. The number of carbonyl (C=O) groups excluding carboxylic acids is 1. The van der Waals surface area contributed by atoms with Gasteiger partial charge in [-0.1, -0.05) is 23.7 Å². The molecule has 3 aromatic heterocycles. The maximum atomic E-state index is 12.7. The molecule has 4 rings (SSSR count). The fraction of sp³-hybridized carbons (Fsp3) is 0.190. The van der Waals surface area contributed by atoms with Gasteiger partial charge in [0.05, 0.1) is 27.6 Å². The third-order valence-electron chi connectivity index (χ3n) is 4.48. The number of thioether (sulfide) groups is 1. The Morgan fingerprint density at radius 2 is 2.17 bits per heavy atom. The van der Waals surface area contributed by atoms with Crippen LogP contribution in [0.5, 0.6) is 0 Å². The van der Waals surface area contributed by atoms with E-state index in [2.05, 4.69) is 15.3 Å². The van der Waals surface area contributed by atoms with Gasteiger partial charge in [-0.25, -0.2) is 4.98 Å². The lowest BCUT2D eigenvalue weighted by molar-refractivity contribution is -0.115. The molecule has 1 aromatic carbocycles. The van der Waals surface area contributed by atoms with Gasteiger partial charge in [-0.15, -0.1) is 11.3 Å². The second-order valence-corrected chi connectivity index (χ2v) is 9.26. The molecule has 1 unspecified atom stereocenters. The van der Waals surface area contributed by atoms with Crippen molar-refractivity contribution in [3.63, 3.8) is 0 Å². The Labute approximate surface area is 185 Å². The number of para-hydroxylation sites is 1. The van der Waals surface area contributed by atoms with E-state index in [0.717, 1.165) is 5.56 Å². The summed E-state index contributed by atoms with van der Waals surface area (Å²) in [6.07, 6.45) is 1.91. The Kier molecular flexibility index (Phi) is 6.26. The molecule has 1 atom stereocenters. The molecule has 0 radical (unpaired) electrons. The number of H-pyrrole nitrogens is 1. The summed E-state index contributed by atoms with van der Waals surface area (Å²) in [5, 5.41) is 5.67. The number of rotatable bonds is 7.